The molecule has 1 aliphatic heterocycles. The predicted molar refractivity (Wildman–Crippen MR) is 97.9 cm³/mol. The first-order valence-corrected chi connectivity index (χ1v) is 8.86. The Morgan fingerprint density at radius 3 is 2.70 bits per heavy atom. The van der Waals surface area contributed by atoms with Gasteiger partial charge >= 0.3 is 0 Å². The summed E-state index contributed by atoms with van der Waals surface area (Å²) >= 11 is 6.27. The minimum Gasteiger partial charge on any atom is -0.486 e. The molecule has 0 radical (unpaired) electrons. The third-order valence-electron chi connectivity index (χ3n) is 4.55. The van der Waals surface area contributed by atoms with E-state index < -0.39 is 13.0 Å². The Morgan fingerprint density at radius 1 is 1.30 bits per heavy atom. The maximum Gasteiger partial charge on any atom is 0.272 e. The lowest BCUT2D eigenvalue weighted by Gasteiger charge is -2.30. The largest absolute Gasteiger partial charge is 0.486 e. The summed E-state index contributed by atoms with van der Waals surface area (Å²) in [7, 11) is 0. The van der Waals surface area contributed by atoms with Crippen LogP contribution in [0.15, 0.2) is 23.0 Å². The Balaban J connectivity index is 1.89. The number of ether oxygens (including phenoxy) is 1. The molecular weight excluding hydrogens is 378 g/mol. The van der Waals surface area contributed by atoms with Gasteiger partial charge in [0.05, 0.1) is 17.1 Å². The molecular formula is C19H19ClF2N2O3. The number of carbonyl (C=O) groups is 1. The highest BCUT2D eigenvalue weighted by Gasteiger charge is 2.29. The number of aryl methyl sites for hydroxylation is 2. The van der Waals surface area contributed by atoms with E-state index in [0.29, 0.717) is 18.5 Å². The second-order valence-corrected chi connectivity index (χ2v) is 6.91. The Bertz CT molecular complexity index is 943. The molecule has 2 heterocycles. The van der Waals surface area contributed by atoms with Crippen molar-refractivity contribution < 1.29 is 18.3 Å². The van der Waals surface area contributed by atoms with Crippen molar-refractivity contribution >= 4 is 17.5 Å². The SMILES string of the molecule is Cc1cc(C)c(CN2CCc3ccc(OCC(F)F)c(Cl)c3C2=O)c(=O)[nH]1. The maximum absolute atomic E-state index is 12.9. The van der Waals surface area contributed by atoms with Crippen molar-refractivity contribution in [3.05, 3.63) is 61.5 Å². The predicted octanol–water partition coefficient (Wildman–Crippen LogP) is 3.49. The van der Waals surface area contributed by atoms with Gasteiger partial charge in [0.1, 0.15) is 12.4 Å². The summed E-state index contributed by atoms with van der Waals surface area (Å²) in [5.41, 5.74) is 2.82. The average molecular weight is 397 g/mol. The van der Waals surface area contributed by atoms with Crippen LogP contribution in [0.2, 0.25) is 5.02 Å². The minimum atomic E-state index is -2.64. The number of hydrogen-bond donors (Lipinski definition) is 1. The summed E-state index contributed by atoms with van der Waals surface area (Å²) in [6.45, 7) is 3.41. The average Bonchev–Trinajstić information content (AvgIpc) is 2.58. The zero-order valence-corrected chi connectivity index (χ0v) is 15.7. The van der Waals surface area contributed by atoms with Crippen LogP contribution in [0, 0.1) is 13.8 Å². The summed E-state index contributed by atoms with van der Waals surface area (Å²) < 4.78 is 29.8. The normalized spacial score (nSPS) is 13.9. The summed E-state index contributed by atoms with van der Waals surface area (Å²) in [4.78, 5) is 29.5. The Kier molecular flexibility index (Phi) is 5.51. The first-order valence-electron chi connectivity index (χ1n) is 8.49. The molecule has 0 bridgehead atoms. The molecule has 1 aromatic carbocycles. The molecule has 0 aliphatic carbocycles. The molecule has 144 valence electrons. The zero-order chi connectivity index (χ0) is 19.7. The third kappa shape index (κ3) is 3.98. The highest BCUT2D eigenvalue weighted by Crippen LogP contribution is 2.34. The second kappa shape index (κ2) is 7.68. The molecule has 0 fully saturated rings. The molecule has 8 heteroatoms. The van der Waals surface area contributed by atoms with E-state index in [4.69, 9.17) is 16.3 Å². The van der Waals surface area contributed by atoms with Gasteiger partial charge in [-0.15, -0.1) is 0 Å². The quantitative estimate of drug-likeness (QED) is 0.841. The van der Waals surface area contributed by atoms with Crippen LogP contribution in [0.5, 0.6) is 5.75 Å². The van der Waals surface area contributed by atoms with Gasteiger partial charge in [0, 0.05) is 17.8 Å². The number of benzene rings is 1. The highest BCUT2D eigenvalue weighted by molar-refractivity contribution is 6.35. The van der Waals surface area contributed by atoms with Crippen LogP contribution in [0.4, 0.5) is 8.78 Å². The van der Waals surface area contributed by atoms with Gasteiger partial charge in [-0.3, -0.25) is 9.59 Å². The number of nitrogens with one attached hydrogen (secondary N) is 1. The van der Waals surface area contributed by atoms with Crippen LogP contribution in [-0.2, 0) is 13.0 Å². The van der Waals surface area contributed by atoms with Crippen molar-refractivity contribution in [3.63, 3.8) is 0 Å². The second-order valence-electron chi connectivity index (χ2n) is 6.53. The molecule has 0 unspecified atom stereocenters. The molecule has 0 spiro atoms. The molecule has 0 atom stereocenters. The lowest BCUT2D eigenvalue weighted by atomic mass is 9.97. The summed E-state index contributed by atoms with van der Waals surface area (Å²) in [6, 6.07) is 5.02. The molecule has 0 saturated carbocycles. The topological polar surface area (TPSA) is 62.4 Å². The van der Waals surface area contributed by atoms with E-state index in [-0.39, 0.29) is 34.3 Å². The van der Waals surface area contributed by atoms with Gasteiger partial charge in [0.25, 0.3) is 17.9 Å². The van der Waals surface area contributed by atoms with Crippen molar-refractivity contribution in [2.45, 2.75) is 33.2 Å². The number of nitrogens with zero attached hydrogens (tertiary/aromatic N) is 1. The van der Waals surface area contributed by atoms with Crippen molar-refractivity contribution in [1.82, 2.24) is 9.88 Å². The summed E-state index contributed by atoms with van der Waals surface area (Å²) in [6.07, 6.45) is -2.08. The molecule has 0 saturated heterocycles. The van der Waals surface area contributed by atoms with E-state index in [0.717, 1.165) is 16.8 Å². The fourth-order valence-corrected chi connectivity index (χ4v) is 3.56. The van der Waals surface area contributed by atoms with Gasteiger partial charge in [0.2, 0.25) is 0 Å². The number of pyridine rings is 1. The number of hydrogen-bond acceptors (Lipinski definition) is 3. The monoisotopic (exact) mass is 396 g/mol. The van der Waals surface area contributed by atoms with Gasteiger partial charge < -0.3 is 14.6 Å². The van der Waals surface area contributed by atoms with E-state index in [1.165, 1.54) is 11.0 Å². The van der Waals surface area contributed by atoms with E-state index in [2.05, 4.69) is 4.98 Å². The molecule has 1 aliphatic rings. The van der Waals surface area contributed by atoms with Crippen LogP contribution < -0.4 is 10.3 Å². The molecule has 1 amide bonds. The molecule has 3 rings (SSSR count). The Labute approximate surface area is 159 Å². The molecule has 5 nitrogen and oxygen atoms in total. The fraction of sp³-hybridized carbons (Fsp3) is 0.368. The smallest absolute Gasteiger partial charge is 0.272 e. The number of carbonyl (C=O) groups excluding carboxylic acids is 1. The summed E-state index contributed by atoms with van der Waals surface area (Å²) in [5.74, 6) is -0.293. The van der Waals surface area contributed by atoms with Gasteiger partial charge in [-0.25, -0.2) is 8.78 Å². The minimum absolute atomic E-state index is 0.0254. The molecule has 27 heavy (non-hydrogen) atoms. The molecule has 1 aromatic heterocycles. The van der Waals surface area contributed by atoms with Crippen molar-refractivity contribution in [2.24, 2.45) is 0 Å². The van der Waals surface area contributed by atoms with E-state index in [1.54, 1.807) is 13.0 Å². The number of fused-ring (bicyclic) bond motifs is 1. The first-order chi connectivity index (χ1) is 12.8. The van der Waals surface area contributed by atoms with Gasteiger partial charge in [-0.1, -0.05) is 17.7 Å². The number of rotatable bonds is 5. The first kappa shape index (κ1) is 19.4. The molecule has 1 N–H and O–H groups in total. The lowest BCUT2D eigenvalue weighted by molar-refractivity contribution is 0.0723. The Hall–Kier alpha value is -2.41. The van der Waals surface area contributed by atoms with E-state index in [9.17, 15) is 18.4 Å². The van der Waals surface area contributed by atoms with Crippen molar-refractivity contribution in [1.29, 1.82) is 0 Å². The van der Waals surface area contributed by atoms with Crippen LogP contribution in [0.3, 0.4) is 0 Å². The van der Waals surface area contributed by atoms with Crippen LogP contribution >= 0.6 is 11.6 Å². The van der Waals surface area contributed by atoms with Crippen molar-refractivity contribution in [2.75, 3.05) is 13.2 Å². The lowest BCUT2D eigenvalue weighted by Crippen LogP contribution is -2.39. The standard InChI is InChI=1S/C19H19ClF2N2O3/c1-10-7-11(2)23-18(25)13(10)8-24-6-5-12-3-4-14(27-9-15(21)22)17(20)16(12)19(24)26/h3-4,7,15H,5-6,8-9H2,1-2H3,(H,23,25). The Morgan fingerprint density at radius 2 is 2.04 bits per heavy atom. The van der Waals surface area contributed by atoms with Crippen LogP contribution in [-0.4, -0.2) is 35.4 Å². The van der Waals surface area contributed by atoms with Crippen LogP contribution in [0.25, 0.3) is 0 Å². The summed E-state index contributed by atoms with van der Waals surface area (Å²) in [5, 5.41) is 0.0254. The number of aromatic amines is 1. The number of alkyl halides is 2. The molecule has 2 aromatic rings. The van der Waals surface area contributed by atoms with E-state index >= 15 is 0 Å². The zero-order valence-electron chi connectivity index (χ0n) is 14.9. The van der Waals surface area contributed by atoms with Crippen LogP contribution in [0.1, 0.15) is 32.7 Å². The number of halogens is 3. The highest BCUT2D eigenvalue weighted by atomic mass is 35.5. The fourth-order valence-electron chi connectivity index (χ4n) is 3.24. The van der Waals surface area contributed by atoms with Gasteiger partial charge in [0.15, 0.2) is 0 Å². The van der Waals surface area contributed by atoms with Gasteiger partial charge in [-0.2, -0.15) is 0 Å². The van der Waals surface area contributed by atoms with Gasteiger partial charge in [-0.05, 0) is 43.5 Å². The number of H-pyrrole nitrogens is 1. The van der Waals surface area contributed by atoms with E-state index in [1.807, 2.05) is 13.0 Å². The number of amides is 1. The number of aromatic nitrogens is 1. The maximum atomic E-state index is 12.9. The third-order valence-corrected chi connectivity index (χ3v) is 4.93. The van der Waals surface area contributed by atoms with Crippen molar-refractivity contribution in [3.8, 4) is 5.75 Å².